The van der Waals surface area contributed by atoms with Gasteiger partial charge in [-0.05, 0) is 49.8 Å². The Morgan fingerprint density at radius 1 is 1.24 bits per heavy atom. The smallest absolute Gasteiger partial charge is 0.244 e. The Morgan fingerprint density at radius 2 is 1.95 bits per heavy atom. The standard InChI is InChI=1S/C15H21ClN2O2S/c1-10-8-12(16)15(9-13(10)17)21(19,20)18-7-6-11-4-2-3-5-14(11)18/h8-9,11,14H,2-7,17H2,1H3. The summed E-state index contributed by atoms with van der Waals surface area (Å²) in [5, 5.41) is 0.265. The average molecular weight is 329 g/mol. The molecule has 1 saturated heterocycles. The van der Waals surface area contributed by atoms with Gasteiger partial charge in [0.25, 0.3) is 0 Å². The van der Waals surface area contributed by atoms with E-state index in [4.69, 9.17) is 17.3 Å². The number of nitrogens with two attached hydrogens (primary N) is 1. The van der Waals surface area contributed by atoms with Crippen molar-refractivity contribution in [3.63, 3.8) is 0 Å². The summed E-state index contributed by atoms with van der Waals surface area (Å²) < 4.78 is 27.6. The number of benzene rings is 1. The molecule has 2 N–H and O–H groups in total. The van der Waals surface area contributed by atoms with Crippen molar-refractivity contribution in [2.24, 2.45) is 5.92 Å². The molecule has 0 radical (unpaired) electrons. The predicted molar refractivity (Wildman–Crippen MR) is 84.9 cm³/mol. The highest BCUT2D eigenvalue weighted by molar-refractivity contribution is 7.89. The van der Waals surface area contributed by atoms with Gasteiger partial charge in [-0.1, -0.05) is 24.4 Å². The lowest BCUT2D eigenvalue weighted by molar-refractivity contribution is 0.260. The molecule has 0 amide bonds. The van der Waals surface area contributed by atoms with Crippen LogP contribution in [-0.2, 0) is 10.0 Å². The molecule has 6 heteroatoms. The molecule has 4 nitrogen and oxygen atoms in total. The highest BCUT2D eigenvalue weighted by Crippen LogP contribution is 2.40. The molecule has 1 aliphatic heterocycles. The lowest BCUT2D eigenvalue weighted by Crippen LogP contribution is -2.39. The molecule has 1 heterocycles. The maximum absolute atomic E-state index is 13.0. The molecule has 0 bridgehead atoms. The average Bonchev–Trinajstić information content (AvgIpc) is 2.87. The van der Waals surface area contributed by atoms with Crippen molar-refractivity contribution in [2.45, 2.75) is 50.0 Å². The summed E-state index contributed by atoms with van der Waals surface area (Å²) in [5.41, 5.74) is 7.15. The van der Waals surface area contributed by atoms with Gasteiger partial charge in [0.05, 0.1) is 5.02 Å². The first-order chi connectivity index (χ1) is 9.91. The van der Waals surface area contributed by atoms with Gasteiger partial charge in [-0.3, -0.25) is 0 Å². The van der Waals surface area contributed by atoms with Crippen LogP contribution in [0.1, 0.15) is 37.7 Å². The fourth-order valence-electron chi connectivity index (χ4n) is 3.65. The number of hydrogen-bond donors (Lipinski definition) is 1. The molecule has 1 aromatic carbocycles. The number of halogens is 1. The Labute approximate surface area is 131 Å². The van der Waals surface area contributed by atoms with Crippen LogP contribution in [0.25, 0.3) is 0 Å². The Balaban J connectivity index is 1.99. The normalized spacial score (nSPS) is 26.8. The maximum Gasteiger partial charge on any atom is 0.244 e. The van der Waals surface area contributed by atoms with Gasteiger partial charge in [-0.25, -0.2) is 8.42 Å². The lowest BCUT2D eigenvalue weighted by Gasteiger charge is -2.31. The van der Waals surface area contributed by atoms with E-state index in [9.17, 15) is 8.42 Å². The third kappa shape index (κ3) is 2.56. The van der Waals surface area contributed by atoms with Crippen LogP contribution >= 0.6 is 11.6 Å². The highest BCUT2D eigenvalue weighted by Gasteiger charge is 2.42. The Hall–Kier alpha value is -0.780. The van der Waals surface area contributed by atoms with Crippen LogP contribution in [0.3, 0.4) is 0 Å². The van der Waals surface area contributed by atoms with E-state index in [0.29, 0.717) is 18.2 Å². The topological polar surface area (TPSA) is 63.4 Å². The zero-order valence-electron chi connectivity index (χ0n) is 12.2. The number of fused-ring (bicyclic) bond motifs is 1. The molecule has 1 saturated carbocycles. The summed E-state index contributed by atoms with van der Waals surface area (Å²) in [6.45, 7) is 2.42. The van der Waals surface area contributed by atoms with E-state index in [1.165, 1.54) is 12.5 Å². The second-order valence-electron chi connectivity index (χ2n) is 6.16. The van der Waals surface area contributed by atoms with E-state index in [0.717, 1.165) is 31.2 Å². The van der Waals surface area contributed by atoms with Crippen molar-refractivity contribution in [1.82, 2.24) is 4.31 Å². The van der Waals surface area contributed by atoms with Crippen LogP contribution in [0.4, 0.5) is 5.69 Å². The summed E-state index contributed by atoms with van der Waals surface area (Å²) in [4.78, 5) is 0.151. The number of sulfonamides is 1. The van der Waals surface area contributed by atoms with Gasteiger partial charge in [0.2, 0.25) is 10.0 Å². The molecule has 2 aliphatic rings. The van der Waals surface area contributed by atoms with Crippen LogP contribution in [0.2, 0.25) is 5.02 Å². The molecular formula is C15H21ClN2O2S. The van der Waals surface area contributed by atoms with Gasteiger partial charge in [0.15, 0.2) is 0 Å². The maximum atomic E-state index is 13.0. The van der Waals surface area contributed by atoms with E-state index >= 15 is 0 Å². The summed E-state index contributed by atoms with van der Waals surface area (Å²) in [6.07, 6.45) is 5.39. The third-order valence-electron chi connectivity index (χ3n) is 4.87. The second kappa shape index (κ2) is 5.45. The van der Waals surface area contributed by atoms with E-state index in [2.05, 4.69) is 0 Å². The predicted octanol–water partition coefficient (Wildman–Crippen LogP) is 3.18. The van der Waals surface area contributed by atoms with Gasteiger partial charge in [0, 0.05) is 18.3 Å². The van der Waals surface area contributed by atoms with Crippen molar-refractivity contribution in [1.29, 1.82) is 0 Å². The number of anilines is 1. The Kier molecular flexibility index (Phi) is 3.93. The molecule has 2 fully saturated rings. The second-order valence-corrected chi connectivity index (χ2v) is 8.42. The molecular weight excluding hydrogens is 308 g/mol. The third-order valence-corrected chi connectivity index (χ3v) is 7.26. The van der Waals surface area contributed by atoms with E-state index in [1.54, 1.807) is 10.4 Å². The minimum atomic E-state index is -3.56. The van der Waals surface area contributed by atoms with Crippen LogP contribution in [0.5, 0.6) is 0 Å². The molecule has 3 rings (SSSR count). The first-order valence-electron chi connectivity index (χ1n) is 7.48. The van der Waals surface area contributed by atoms with E-state index in [1.807, 2.05) is 6.92 Å². The SMILES string of the molecule is Cc1cc(Cl)c(S(=O)(=O)N2CCC3CCCCC32)cc1N. The molecule has 0 spiro atoms. The van der Waals surface area contributed by atoms with Crippen molar-refractivity contribution < 1.29 is 8.42 Å². The van der Waals surface area contributed by atoms with Crippen LogP contribution in [0.15, 0.2) is 17.0 Å². The monoisotopic (exact) mass is 328 g/mol. The lowest BCUT2D eigenvalue weighted by atomic mass is 9.86. The van der Waals surface area contributed by atoms with Crippen molar-refractivity contribution in [3.05, 3.63) is 22.7 Å². The Bertz CT molecular complexity index is 660. The molecule has 0 aromatic heterocycles. The number of aryl methyl sites for hydroxylation is 1. The van der Waals surface area contributed by atoms with Gasteiger partial charge in [-0.2, -0.15) is 4.31 Å². The zero-order chi connectivity index (χ0) is 15.2. The van der Waals surface area contributed by atoms with Gasteiger partial charge in [-0.15, -0.1) is 0 Å². The molecule has 1 aromatic rings. The van der Waals surface area contributed by atoms with Crippen LogP contribution in [0, 0.1) is 12.8 Å². The summed E-state index contributed by atoms with van der Waals surface area (Å²) in [5.74, 6) is 0.509. The highest BCUT2D eigenvalue weighted by atomic mass is 35.5. The largest absolute Gasteiger partial charge is 0.398 e. The fraction of sp³-hybridized carbons (Fsp3) is 0.600. The number of hydrogen-bond acceptors (Lipinski definition) is 3. The molecule has 116 valence electrons. The summed E-state index contributed by atoms with van der Waals surface area (Å²) in [7, 11) is -3.56. The summed E-state index contributed by atoms with van der Waals surface area (Å²) >= 11 is 6.18. The van der Waals surface area contributed by atoms with Gasteiger partial charge >= 0.3 is 0 Å². The van der Waals surface area contributed by atoms with Crippen molar-refractivity contribution in [3.8, 4) is 0 Å². The number of rotatable bonds is 2. The summed E-state index contributed by atoms with van der Waals surface area (Å²) in [6, 6.07) is 3.28. The fourth-order valence-corrected chi connectivity index (χ4v) is 5.98. The van der Waals surface area contributed by atoms with Gasteiger partial charge in [0.1, 0.15) is 4.90 Å². The van der Waals surface area contributed by atoms with Crippen LogP contribution in [-0.4, -0.2) is 25.3 Å². The van der Waals surface area contributed by atoms with Crippen molar-refractivity contribution in [2.75, 3.05) is 12.3 Å². The van der Waals surface area contributed by atoms with E-state index < -0.39 is 10.0 Å². The minimum Gasteiger partial charge on any atom is -0.398 e. The quantitative estimate of drug-likeness (QED) is 0.848. The number of nitrogens with zero attached hydrogens (tertiary/aromatic N) is 1. The molecule has 21 heavy (non-hydrogen) atoms. The Morgan fingerprint density at radius 3 is 2.71 bits per heavy atom. The molecule has 2 atom stereocenters. The molecule has 1 aliphatic carbocycles. The zero-order valence-corrected chi connectivity index (χ0v) is 13.8. The first-order valence-corrected chi connectivity index (χ1v) is 9.30. The number of nitrogen functional groups attached to an aromatic ring is 1. The minimum absolute atomic E-state index is 0.141. The molecule has 2 unspecified atom stereocenters. The van der Waals surface area contributed by atoms with Crippen LogP contribution < -0.4 is 5.73 Å². The van der Waals surface area contributed by atoms with E-state index in [-0.39, 0.29) is 16.0 Å². The van der Waals surface area contributed by atoms with Gasteiger partial charge < -0.3 is 5.73 Å². The van der Waals surface area contributed by atoms with Crippen molar-refractivity contribution >= 4 is 27.3 Å². The first kappa shape index (κ1) is 15.1.